The van der Waals surface area contributed by atoms with Crippen molar-refractivity contribution >= 4 is 5.91 Å². The van der Waals surface area contributed by atoms with Gasteiger partial charge in [0.1, 0.15) is 11.9 Å². The number of aliphatic hydroxyl groups excluding tert-OH is 1. The van der Waals surface area contributed by atoms with Crippen LogP contribution in [0.15, 0.2) is 18.2 Å². The predicted molar refractivity (Wildman–Crippen MR) is 88.7 cm³/mol. The molecule has 3 atom stereocenters. The van der Waals surface area contributed by atoms with Gasteiger partial charge in [0.05, 0.1) is 17.7 Å². The minimum Gasteiger partial charge on any atom is -0.507 e. The van der Waals surface area contributed by atoms with Crippen molar-refractivity contribution in [2.75, 3.05) is 7.11 Å². The monoisotopic (exact) mass is 321 g/mol. The van der Waals surface area contributed by atoms with Gasteiger partial charge in [-0.05, 0) is 42.4 Å². The number of methoxy groups -OCH3 is 1. The number of nitrogens with one attached hydrogen (secondary N) is 1. The highest BCUT2D eigenvalue weighted by atomic mass is 16.5. The van der Waals surface area contributed by atoms with Crippen molar-refractivity contribution in [3.05, 3.63) is 29.3 Å². The van der Waals surface area contributed by atoms with Crippen LogP contribution < -0.4 is 5.32 Å². The van der Waals surface area contributed by atoms with Gasteiger partial charge in [-0.1, -0.05) is 26.8 Å². The number of phenolic OH excluding ortho intramolecular Hbond substituents is 1. The van der Waals surface area contributed by atoms with E-state index >= 15 is 0 Å². The van der Waals surface area contributed by atoms with Crippen LogP contribution in [0.3, 0.4) is 0 Å². The van der Waals surface area contributed by atoms with Gasteiger partial charge in [0.2, 0.25) is 0 Å². The molecule has 0 unspecified atom stereocenters. The smallest absolute Gasteiger partial charge is 0.255 e. The minimum atomic E-state index is -0.731. The number of carbonyl (C=O) groups excluding carboxylic acids is 1. The Labute approximate surface area is 137 Å². The highest BCUT2D eigenvalue weighted by molar-refractivity contribution is 5.97. The van der Waals surface area contributed by atoms with Gasteiger partial charge in [0.15, 0.2) is 0 Å². The maximum atomic E-state index is 12.5. The standard InChI is InChI=1S/C18H27NO4/c1-18(2,3)11-8-9-14(20)12(10-11)17(22)19-13-6-5-7-15(23-4)16(13)21/h8-10,13,15-16,20-21H,5-7H2,1-4H3,(H,19,22)/t13-,15-,16-/m1/s1. The SMILES string of the molecule is CO[C@@H]1CCC[C@@H](NC(=O)c2cc(C(C)(C)C)ccc2O)[C@H]1O. The van der Waals surface area contributed by atoms with Crippen LogP contribution in [0.4, 0.5) is 0 Å². The van der Waals surface area contributed by atoms with Crippen LogP contribution in [0.25, 0.3) is 0 Å². The summed E-state index contributed by atoms with van der Waals surface area (Å²) in [6.07, 6.45) is 1.38. The Hall–Kier alpha value is -1.59. The number of phenols is 1. The first-order chi connectivity index (χ1) is 10.7. The van der Waals surface area contributed by atoms with E-state index < -0.39 is 6.10 Å². The first-order valence-corrected chi connectivity index (χ1v) is 8.09. The van der Waals surface area contributed by atoms with Crippen molar-refractivity contribution in [3.8, 4) is 5.75 Å². The molecule has 0 aromatic heterocycles. The van der Waals surface area contributed by atoms with E-state index in [0.717, 1.165) is 18.4 Å². The van der Waals surface area contributed by atoms with E-state index in [1.807, 2.05) is 6.07 Å². The molecule has 128 valence electrons. The summed E-state index contributed by atoms with van der Waals surface area (Å²) in [5.74, 6) is -0.418. The molecule has 3 N–H and O–H groups in total. The van der Waals surface area contributed by atoms with Crippen LogP contribution in [0.2, 0.25) is 0 Å². The molecule has 1 aliphatic rings. The van der Waals surface area contributed by atoms with E-state index in [9.17, 15) is 15.0 Å². The Bertz CT molecular complexity index is 565. The molecule has 1 fully saturated rings. The van der Waals surface area contributed by atoms with E-state index in [1.165, 1.54) is 0 Å². The summed E-state index contributed by atoms with van der Waals surface area (Å²) in [6.45, 7) is 6.15. The molecular formula is C18H27NO4. The number of rotatable bonds is 3. The van der Waals surface area contributed by atoms with Crippen LogP contribution in [0, 0.1) is 0 Å². The van der Waals surface area contributed by atoms with Gasteiger partial charge >= 0.3 is 0 Å². The lowest BCUT2D eigenvalue weighted by Gasteiger charge is -2.34. The number of aliphatic hydroxyl groups is 1. The minimum absolute atomic E-state index is 0.0518. The van der Waals surface area contributed by atoms with Gasteiger partial charge in [0, 0.05) is 7.11 Å². The molecule has 0 bridgehead atoms. The predicted octanol–water partition coefficient (Wildman–Crippen LogP) is 2.35. The molecule has 1 aromatic rings. The van der Waals surface area contributed by atoms with Crippen LogP contribution in [-0.4, -0.2) is 41.5 Å². The summed E-state index contributed by atoms with van der Waals surface area (Å²) in [5.41, 5.74) is 1.09. The van der Waals surface area contributed by atoms with E-state index in [2.05, 4.69) is 26.1 Å². The third kappa shape index (κ3) is 4.03. The lowest BCUT2D eigenvalue weighted by molar-refractivity contribution is -0.0513. The molecule has 1 aromatic carbocycles. The van der Waals surface area contributed by atoms with Gasteiger partial charge in [-0.15, -0.1) is 0 Å². The molecular weight excluding hydrogens is 294 g/mol. The zero-order valence-corrected chi connectivity index (χ0v) is 14.3. The van der Waals surface area contributed by atoms with Gasteiger partial charge in [-0.3, -0.25) is 4.79 Å². The zero-order chi connectivity index (χ0) is 17.2. The summed E-state index contributed by atoms with van der Waals surface area (Å²) >= 11 is 0. The Morgan fingerprint density at radius 2 is 2.00 bits per heavy atom. The Morgan fingerprint density at radius 1 is 1.30 bits per heavy atom. The average molecular weight is 321 g/mol. The topological polar surface area (TPSA) is 78.8 Å². The molecule has 1 saturated carbocycles. The number of ether oxygens (including phenoxy) is 1. The molecule has 1 amide bonds. The third-order valence-corrected chi connectivity index (χ3v) is 4.52. The third-order valence-electron chi connectivity index (χ3n) is 4.52. The van der Waals surface area contributed by atoms with E-state index in [1.54, 1.807) is 19.2 Å². The molecule has 5 heteroatoms. The quantitative estimate of drug-likeness (QED) is 0.798. The first-order valence-electron chi connectivity index (χ1n) is 8.09. The second-order valence-electron chi connectivity index (χ2n) is 7.26. The number of amides is 1. The molecule has 0 aliphatic heterocycles. The number of hydrogen-bond acceptors (Lipinski definition) is 4. The molecule has 0 saturated heterocycles. The maximum absolute atomic E-state index is 12.5. The zero-order valence-electron chi connectivity index (χ0n) is 14.3. The summed E-state index contributed by atoms with van der Waals surface area (Å²) in [7, 11) is 1.57. The van der Waals surface area contributed by atoms with Crippen LogP contribution in [-0.2, 0) is 10.2 Å². The number of hydrogen-bond donors (Lipinski definition) is 3. The van der Waals surface area contributed by atoms with Gasteiger partial charge in [0.25, 0.3) is 5.91 Å². The fraction of sp³-hybridized carbons (Fsp3) is 0.611. The highest BCUT2D eigenvalue weighted by Gasteiger charge is 2.33. The molecule has 0 spiro atoms. The van der Waals surface area contributed by atoms with Crippen molar-refractivity contribution in [1.82, 2.24) is 5.32 Å². The van der Waals surface area contributed by atoms with Crippen LogP contribution in [0.5, 0.6) is 5.75 Å². The summed E-state index contributed by atoms with van der Waals surface area (Å²) in [4.78, 5) is 12.5. The number of aromatic hydroxyl groups is 1. The molecule has 5 nitrogen and oxygen atoms in total. The van der Waals surface area contributed by atoms with E-state index in [-0.39, 0.29) is 34.8 Å². The molecule has 0 heterocycles. The van der Waals surface area contributed by atoms with Crippen LogP contribution in [0.1, 0.15) is 56.0 Å². The van der Waals surface area contributed by atoms with E-state index in [0.29, 0.717) is 6.42 Å². The fourth-order valence-corrected chi connectivity index (χ4v) is 2.98. The largest absolute Gasteiger partial charge is 0.507 e. The van der Waals surface area contributed by atoms with Crippen LogP contribution >= 0.6 is 0 Å². The van der Waals surface area contributed by atoms with Crippen molar-refractivity contribution in [1.29, 1.82) is 0 Å². The fourth-order valence-electron chi connectivity index (χ4n) is 2.98. The number of carbonyl (C=O) groups is 1. The van der Waals surface area contributed by atoms with Crippen molar-refractivity contribution in [2.45, 2.75) is 63.7 Å². The maximum Gasteiger partial charge on any atom is 0.255 e. The second kappa shape index (κ2) is 6.89. The number of benzene rings is 1. The Balaban J connectivity index is 2.17. The Morgan fingerprint density at radius 3 is 2.61 bits per heavy atom. The Kier molecular flexibility index (Phi) is 5.32. The lowest BCUT2D eigenvalue weighted by atomic mass is 9.85. The normalized spacial score (nSPS) is 25.2. The van der Waals surface area contributed by atoms with E-state index in [4.69, 9.17) is 4.74 Å². The molecule has 0 radical (unpaired) electrons. The summed E-state index contributed by atoms with van der Waals surface area (Å²) in [6, 6.07) is 4.72. The first kappa shape index (κ1) is 17.8. The molecule has 2 rings (SSSR count). The van der Waals surface area contributed by atoms with Crippen molar-refractivity contribution in [2.24, 2.45) is 0 Å². The molecule has 23 heavy (non-hydrogen) atoms. The summed E-state index contributed by atoms with van der Waals surface area (Å²) < 4.78 is 5.26. The van der Waals surface area contributed by atoms with Crippen molar-refractivity contribution in [3.63, 3.8) is 0 Å². The summed E-state index contributed by atoms with van der Waals surface area (Å²) in [5, 5.41) is 23.1. The van der Waals surface area contributed by atoms with Gasteiger partial charge < -0.3 is 20.3 Å². The lowest BCUT2D eigenvalue weighted by Crippen LogP contribution is -2.51. The second-order valence-corrected chi connectivity index (χ2v) is 7.26. The highest BCUT2D eigenvalue weighted by Crippen LogP contribution is 2.28. The van der Waals surface area contributed by atoms with Gasteiger partial charge in [-0.2, -0.15) is 0 Å². The van der Waals surface area contributed by atoms with Crippen molar-refractivity contribution < 1.29 is 19.7 Å². The van der Waals surface area contributed by atoms with Gasteiger partial charge in [-0.25, -0.2) is 0 Å². The molecule has 1 aliphatic carbocycles. The average Bonchev–Trinajstić information content (AvgIpc) is 2.48.